The summed E-state index contributed by atoms with van der Waals surface area (Å²) >= 11 is 0. The Hall–Kier alpha value is 0.966. The van der Waals surface area contributed by atoms with E-state index in [1.165, 1.54) is 0 Å². The second kappa shape index (κ2) is 7.30. The minimum atomic E-state index is -3.34. The number of hydrogen-bond acceptors (Lipinski definition) is 2. The van der Waals surface area contributed by atoms with E-state index in [0.29, 0.717) is 0 Å². The minimum absolute atomic E-state index is 0. The molecule has 1 rings (SSSR count). The molecular formula is C15H27KO2S. The van der Waals surface area contributed by atoms with Crippen molar-refractivity contribution in [3.05, 3.63) is 30.3 Å². The van der Waals surface area contributed by atoms with Crippen molar-refractivity contribution < 1.29 is 61.2 Å². The van der Waals surface area contributed by atoms with Crippen LogP contribution in [0.15, 0.2) is 35.2 Å². The summed E-state index contributed by atoms with van der Waals surface area (Å²) in [5.74, 6) is 0. The molecule has 19 heavy (non-hydrogen) atoms. The standard InChI is InChI=1S/C15H26O2S.K.H/c1-12(2)17-18(16,13(3)4,14(5)6)15-10-8-7-9-11-15;;/h7-14H,1-6H3;;/q;+1;-1. The first-order chi connectivity index (χ1) is 8.23. The van der Waals surface area contributed by atoms with Gasteiger partial charge in [0, 0.05) is 10.5 Å². The van der Waals surface area contributed by atoms with E-state index >= 15 is 0 Å². The number of benzene rings is 1. The third kappa shape index (κ3) is 3.60. The van der Waals surface area contributed by atoms with Crippen molar-refractivity contribution in [2.24, 2.45) is 0 Å². The fraction of sp³-hybridized carbons (Fsp3) is 0.600. The van der Waals surface area contributed by atoms with Crippen molar-refractivity contribution in [2.75, 3.05) is 0 Å². The van der Waals surface area contributed by atoms with Crippen LogP contribution in [0.3, 0.4) is 0 Å². The molecule has 0 atom stereocenters. The summed E-state index contributed by atoms with van der Waals surface area (Å²) in [7, 11) is -3.34. The summed E-state index contributed by atoms with van der Waals surface area (Å²) < 4.78 is 20.1. The van der Waals surface area contributed by atoms with Crippen LogP contribution in [0.25, 0.3) is 0 Å². The van der Waals surface area contributed by atoms with Crippen molar-refractivity contribution in [3.8, 4) is 0 Å². The second-order valence-corrected chi connectivity index (χ2v) is 10.1. The maximum Gasteiger partial charge on any atom is 1.00 e. The Morgan fingerprint density at radius 2 is 1.37 bits per heavy atom. The molecule has 0 heterocycles. The van der Waals surface area contributed by atoms with E-state index in [4.69, 9.17) is 4.18 Å². The van der Waals surface area contributed by atoms with Gasteiger partial charge < -0.3 is 1.43 Å². The molecule has 0 saturated carbocycles. The topological polar surface area (TPSA) is 26.3 Å². The molecule has 0 amide bonds. The van der Waals surface area contributed by atoms with Crippen molar-refractivity contribution >= 4 is 9.35 Å². The van der Waals surface area contributed by atoms with Gasteiger partial charge in [-0.15, -0.1) is 0 Å². The van der Waals surface area contributed by atoms with Gasteiger partial charge in [-0.1, -0.05) is 18.2 Å². The Balaban J connectivity index is 0. The molecule has 0 fully saturated rings. The minimum Gasteiger partial charge on any atom is -1.00 e. The fourth-order valence-electron chi connectivity index (χ4n) is 2.45. The molecule has 1 aromatic carbocycles. The predicted molar refractivity (Wildman–Crippen MR) is 80.5 cm³/mol. The SMILES string of the molecule is CC(C)OS(=O)(c1ccccc1)(C(C)C)C(C)C.[H-].[K+]. The van der Waals surface area contributed by atoms with Crippen molar-refractivity contribution in [3.63, 3.8) is 0 Å². The molecule has 0 N–H and O–H groups in total. The Morgan fingerprint density at radius 3 is 1.68 bits per heavy atom. The maximum absolute atomic E-state index is 14.0. The molecular weight excluding hydrogens is 283 g/mol. The summed E-state index contributed by atoms with van der Waals surface area (Å²) in [6.07, 6.45) is -0.0606. The van der Waals surface area contributed by atoms with Crippen LogP contribution in [-0.4, -0.2) is 20.8 Å². The van der Waals surface area contributed by atoms with Crippen LogP contribution < -0.4 is 51.4 Å². The predicted octanol–water partition coefficient (Wildman–Crippen LogP) is 1.14. The average molecular weight is 311 g/mol. The van der Waals surface area contributed by atoms with Crippen molar-refractivity contribution in [1.29, 1.82) is 0 Å². The molecule has 0 bridgehead atoms. The molecule has 0 radical (unpaired) electrons. The molecule has 0 unspecified atom stereocenters. The molecule has 0 saturated heterocycles. The Morgan fingerprint density at radius 1 is 0.947 bits per heavy atom. The molecule has 0 aromatic heterocycles. The van der Waals surface area contributed by atoms with Crippen LogP contribution >= 0.6 is 0 Å². The van der Waals surface area contributed by atoms with Gasteiger partial charge in [-0.05, 0) is 53.7 Å². The van der Waals surface area contributed by atoms with Crippen molar-refractivity contribution in [2.45, 2.75) is 63.0 Å². The van der Waals surface area contributed by atoms with Crippen molar-refractivity contribution in [1.82, 2.24) is 0 Å². The summed E-state index contributed by atoms with van der Waals surface area (Å²) in [5, 5.41) is -0.0985. The molecule has 106 valence electrons. The van der Waals surface area contributed by atoms with Crippen LogP contribution in [0.1, 0.15) is 43.0 Å². The first-order valence-corrected chi connectivity index (χ1v) is 8.64. The van der Waals surface area contributed by atoms with Gasteiger partial charge in [-0.3, -0.25) is 4.18 Å². The maximum atomic E-state index is 14.0. The number of hydrogen-bond donors (Lipinski definition) is 0. The molecule has 1 aromatic rings. The Labute approximate surface area is 162 Å². The molecule has 0 aliphatic carbocycles. The van der Waals surface area contributed by atoms with E-state index in [0.717, 1.165) is 4.90 Å². The molecule has 0 spiro atoms. The summed E-state index contributed by atoms with van der Waals surface area (Å²) in [6.45, 7) is 11.9. The van der Waals surface area contributed by atoms with Crippen LogP contribution in [0.2, 0.25) is 0 Å². The van der Waals surface area contributed by atoms with Crippen LogP contribution in [0, 0.1) is 0 Å². The summed E-state index contributed by atoms with van der Waals surface area (Å²) in [5.41, 5.74) is 0. The van der Waals surface area contributed by atoms with Crippen LogP contribution in [0.5, 0.6) is 0 Å². The van der Waals surface area contributed by atoms with Crippen LogP contribution in [-0.2, 0) is 13.5 Å². The van der Waals surface area contributed by atoms with Gasteiger partial charge in [-0.25, -0.2) is 4.21 Å². The van der Waals surface area contributed by atoms with Crippen LogP contribution in [0.4, 0.5) is 0 Å². The number of rotatable bonds is 5. The average Bonchev–Trinajstić information content (AvgIpc) is 2.28. The zero-order valence-corrected chi connectivity index (χ0v) is 17.3. The molecule has 4 heteroatoms. The fourth-order valence-corrected chi connectivity index (χ4v) is 6.67. The van der Waals surface area contributed by atoms with Gasteiger partial charge in [0.15, 0.2) is 0 Å². The summed E-state index contributed by atoms with van der Waals surface area (Å²) in [4.78, 5) is 0.827. The van der Waals surface area contributed by atoms with Gasteiger partial charge in [0.1, 0.15) is 0 Å². The summed E-state index contributed by atoms with van der Waals surface area (Å²) in [6, 6.07) is 9.65. The third-order valence-electron chi connectivity index (χ3n) is 3.38. The molecule has 0 aliphatic rings. The van der Waals surface area contributed by atoms with Gasteiger partial charge in [0.05, 0.1) is 11.0 Å². The van der Waals surface area contributed by atoms with E-state index < -0.39 is 9.35 Å². The Bertz CT molecular complexity index is 446. The monoisotopic (exact) mass is 310 g/mol. The first-order valence-electron chi connectivity index (χ1n) is 6.62. The van der Waals surface area contributed by atoms with E-state index in [9.17, 15) is 4.21 Å². The van der Waals surface area contributed by atoms with Gasteiger partial charge in [0.2, 0.25) is 0 Å². The quantitative estimate of drug-likeness (QED) is 0.763. The zero-order valence-electron chi connectivity index (χ0n) is 14.3. The third-order valence-corrected chi connectivity index (χ3v) is 8.94. The smallest absolute Gasteiger partial charge is 1.00 e. The van der Waals surface area contributed by atoms with E-state index in [1.807, 2.05) is 71.9 Å². The first kappa shape index (κ1) is 20.0. The van der Waals surface area contributed by atoms with E-state index in [1.54, 1.807) is 0 Å². The largest absolute Gasteiger partial charge is 1.00 e. The molecule has 0 aliphatic heterocycles. The normalized spacial score (nSPS) is 14.3. The molecule has 2 nitrogen and oxygen atoms in total. The Kier molecular flexibility index (Phi) is 7.67. The van der Waals surface area contributed by atoms with Gasteiger partial charge in [-0.2, -0.15) is 9.35 Å². The van der Waals surface area contributed by atoms with Gasteiger partial charge >= 0.3 is 51.4 Å². The second-order valence-electron chi connectivity index (χ2n) is 5.55. The zero-order chi connectivity index (χ0) is 14.0. The van der Waals surface area contributed by atoms with E-state index in [-0.39, 0.29) is 69.4 Å². The van der Waals surface area contributed by atoms with E-state index in [2.05, 4.69) is 0 Å². The van der Waals surface area contributed by atoms with Gasteiger partial charge in [0.25, 0.3) is 0 Å².